The molecule has 1 aliphatic rings. The van der Waals surface area contributed by atoms with Crippen molar-refractivity contribution >= 4 is 21.9 Å². The lowest BCUT2D eigenvalue weighted by Crippen LogP contribution is -2.58. The van der Waals surface area contributed by atoms with Gasteiger partial charge in [0.1, 0.15) is 0 Å². The monoisotopic (exact) mass is 559 g/mol. The van der Waals surface area contributed by atoms with Crippen LogP contribution in [-0.4, -0.2) is 29.5 Å². The van der Waals surface area contributed by atoms with E-state index in [4.69, 9.17) is 0 Å². The number of nitriles is 1. The summed E-state index contributed by atoms with van der Waals surface area (Å²) in [7, 11) is -1.27. The summed E-state index contributed by atoms with van der Waals surface area (Å²) in [6.45, 7) is 4.25. The summed E-state index contributed by atoms with van der Waals surface area (Å²) in [5.74, 6) is 0. The van der Waals surface area contributed by atoms with Crippen molar-refractivity contribution < 1.29 is 30.6 Å². The lowest BCUT2D eigenvalue weighted by Gasteiger charge is -2.39. The first kappa shape index (κ1) is 27.8. The van der Waals surface area contributed by atoms with Gasteiger partial charge in [-0.2, -0.15) is 36.7 Å². The third-order valence-electron chi connectivity index (χ3n) is 6.32. The molecule has 1 fully saturated rings. The third kappa shape index (κ3) is 4.51. The van der Waals surface area contributed by atoms with Crippen molar-refractivity contribution in [1.29, 1.82) is 5.26 Å². The molecule has 2 heterocycles. The lowest BCUT2D eigenvalue weighted by atomic mass is 9.83. The number of aromatic nitrogens is 3. The van der Waals surface area contributed by atoms with Crippen molar-refractivity contribution in [3.05, 3.63) is 63.2 Å². The molecule has 14 heteroatoms. The van der Waals surface area contributed by atoms with Gasteiger partial charge in [0.15, 0.2) is 11.1 Å². The standard InChI is InChI=1S/C24H23F6N5O2S/c1-21(2,3)38(37)33-22(24(28,29)30,14-5-8-17(23(25,26)27)13(11-14)12-31)19-16-9-10-35(15-6-7-15)20(36)18(16)32-34(19)4/h5,8-11,15,33H,6-7H2,1-4H3. The smallest absolute Gasteiger partial charge is 0.311 e. The molecule has 2 atom stereocenters. The van der Waals surface area contributed by atoms with Crippen molar-refractivity contribution in [2.24, 2.45) is 7.05 Å². The maximum Gasteiger partial charge on any atom is 0.417 e. The SMILES string of the molecule is Cn1nc2c(=O)n(C3CC3)ccc2c1C(NS(=O)C(C)(C)C)(c1ccc(C(F)(F)F)c(C#N)c1)C(F)(F)F. The Bertz CT molecular complexity index is 1540. The van der Waals surface area contributed by atoms with Gasteiger partial charge in [0.2, 0.25) is 0 Å². The van der Waals surface area contributed by atoms with Gasteiger partial charge in [-0.25, -0.2) is 8.93 Å². The Kier molecular flexibility index (Phi) is 6.55. The molecule has 0 bridgehead atoms. The van der Waals surface area contributed by atoms with E-state index >= 15 is 13.2 Å². The molecular formula is C24H23F6N5O2S. The number of rotatable bonds is 5. The van der Waals surface area contributed by atoms with E-state index in [1.165, 1.54) is 43.7 Å². The highest BCUT2D eigenvalue weighted by molar-refractivity contribution is 7.84. The minimum absolute atomic E-state index is 0.0932. The number of fused-ring (bicyclic) bond motifs is 1. The van der Waals surface area contributed by atoms with Crippen molar-refractivity contribution in [2.45, 2.75) is 62.3 Å². The number of hydrogen-bond acceptors (Lipinski definition) is 4. The van der Waals surface area contributed by atoms with Gasteiger partial charge < -0.3 is 4.57 Å². The Morgan fingerprint density at radius 2 is 1.74 bits per heavy atom. The molecule has 1 aliphatic carbocycles. The normalized spacial score (nSPS) is 17.3. The fraction of sp³-hybridized carbons (Fsp3) is 0.458. The van der Waals surface area contributed by atoms with Crippen LogP contribution in [0.4, 0.5) is 26.3 Å². The van der Waals surface area contributed by atoms with E-state index in [1.807, 2.05) is 0 Å². The number of nitrogens with one attached hydrogen (secondary N) is 1. The maximum absolute atomic E-state index is 15.3. The van der Waals surface area contributed by atoms with Gasteiger partial charge in [-0.05, 0) is 57.4 Å². The Morgan fingerprint density at radius 3 is 2.24 bits per heavy atom. The van der Waals surface area contributed by atoms with Crippen LogP contribution < -0.4 is 10.3 Å². The Balaban J connectivity index is 2.13. The molecule has 204 valence electrons. The quantitative estimate of drug-likeness (QED) is 0.454. The Morgan fingerprint density at radius 1 is 1.11 bits per heavy atom. The molecular weight excluding hydrogens is 536 g/mol. The minimum Gasteiger partial charge on any atom is -0.311 e. The number of nitrogens with zero attached hydrogens (tertiary/aromatic N) is 4. The molecule has 1 N–H and O–H groups in total. The number of alkyl halides is 6. The third-order valence-corrected chi connectivity index (χ3v) is 7.93. The van der Waals surface area contributed by atoms with Crippen LogP contribution in [0.15, 0.2) is 35.3 Å². The first-order chi connectivity index (χ1) is 17.4. The van der Waals surface area contributed by atoms with Crippen molar-refractivity contribution in [2.75, 3.05) is 0 Å². The van der Waals surface area contributed by atoms with Crippen LogP contribution in [0.3, 0.4) is 0 Å². The number of halogens is 6. The van der Waals surface area contributed by atoms with E-state index in [0.29, 0.717) is 18.2 Å². The second-order valence-corrected chi connectivity index (χ2v) is 12.1. The summed E-state index contributed by atoms with van der Waals surface area (Å²) in [5, 5.41) is 13.2. The van der Waals surface area contributed by atoms with E-state index in [0.717, 1.165) is 24.6 Å². The van der Waals surface area contributed by atoms with Gasteiger partial charge in [-0.3, -0.25) is 9.48 Å². The first-order valence-electron chi connectivity index (χ1n) is 11.4. The average Bonchev–Trinajstić information content (AvgIpc) is 3.57. The van der Waals surface area contributed by atoms with Gasteiger partial charge in [-0.15, -0.1) is 0 Å². The van der Waals surface area contributed by atoms with E-state index < -0.39 is 61.6 Å². The highest BCUT2D eigenvalue weighted by Crippen LogP contribution is 2.48. The minimum atomic E-state index is -5.33. The molecule has 0 aliphatic heterocycles. The predicted molar refractivity (Wildman–Crippen MR) is 127 cm³/mol. The van der Waals surface area contributed by atoms with Crippen molar-refractivity contribution in [1.82, 2.24) is 19.1 Å². The van der Waals surface area contributed by atoms with Gasteiger partial charge in [0.05, 0.1) is 38.6 Å². The van der Waals surface area contributed by atoms with Gasteiger partial charge in [0.25, 0.3) is 5.56 Å². The highest BCUT2D eigenvalue weighted by atomic mass is 32.2. The number of benzene rings is 1. The fourth-order valence-electron chi connectivity index (χ4n) is 4.30. The summed E-state index contributed by atoms with van der Waals surface area (Å²) in [6, 6.07) is 3.96. The zero-order valence-corrected chi connectivity index (χ0v) is 21.5. The van der Waals surface area contributed by atoms with E-state index in [9.17, 15) is 27.4 Å². The summed E-state index contributed by atoms with van der Waals surface area (Å²) in [6.07, 6.45) is -7.52. The second-order valence-electron chi connectivity index (χ2n) is 10.1. The molecule has 38 heavy (non-hydrogen) atoms. The van der Waals surface area contributed by atoms with Crippen LogP contribution in [0, 0.1) is 11.3 Å². The molecule has 0 amide bonds. The van der Waals surface area contributed by atoms with Gasteiger partial charge in [0, 0.05) is 24.7 Å². The maximum atomic E-state index is 15.3. The van der Waals surface area contributed by atoms with Crippen LogP contribution in [0.2, 0.25) is 0 Å². The van der Waals surface area contributed by atoms with E-state index in [2.05, 4.69) is 9.82 Å². The van der Waals surface area contributed by atoms with Crippen molar-refractivity contribution in [3.8, 4) is 6.07 Å². The largest absolute Gasteiger partial charge is 0.417 e. The summed E-state index contributed by atoms with van der Waals surface area (Å²) < 4.78 is 103. The van der Waals surface area contributed by atoms with Crippen molar-refractivity contribution in [3.63, 3.8) is 0 Å². The number of hydrogen-bond donors (Lipinski definition) is 1. The van der Waals surface area contributed by atoms with Crippen LogP contribution in [0.1, 0.15) is 62.0 Å². The first-order valence-corrected chi connectivity index (χ1v) is 12.5. The Labute approximate surface area is 215 Å². The molecule has 0 saturated heterocycles. The molecule has 1 aromatic carbocycles. The molecule has 3 aromatic rings. The molecule has 0 radical (unpaired) electrons. The molecule has 4 rings (SSSR count). The van der Waals surface area contributed by atoms with Crippen LogP contribution in [0.25, 0.3) is 10.9 Å². The number of aryl methyl sites for hydroxylation is 1. The molecule has 2 unspecified atom stereocenters. The predicted octanol–water partition coefficient (Wildman–Crippen LogP) is 4.82. The fourth-order valence-corrected chi connectivity index (χ4v) is 5.21. The topological polar surface area (TPSA) is 92.7 Å². The molecule has 0 spiro atoms. The van der Waals surface area contributed by atoms with E-state index in [1.54, 1.807) is 0 Å². The van der Waals surface area contributed by atoms with Crippen LogP contribution in [-0.2, 0) is 29.7 Å². The van der Waals surface area contributed by atoms with Crippen LogP contribution in [0.5, 0.6) is 0 Å². The summed E-state index contributed by atoms with van der Waals surface area (Å²) in [4.78, 5) is 13.1. The summed E-state index contributed by atoms with van der Waals surface area (Å²) in [5.41, 5.74) is -8.24. The molecule has 2 aromatic heterocycles. The zero-order chi connectivity index (χ0) is 28.4. The van der Waals surface area contributed by atoms with Gasteiger partial charge >= 0.3 is 12.4 Å². The Hall–Kier alpha value is -3.18. The van der Waals surface area contributed by atoms with Crippen LogP contribution >= 0.6 is 0 Å². The number of pyridine rings is 1. The average molecular weight is 560 g/mol. The lowest BCUT2D eigenvalue weighted by molar-refractivity contribution is -0.183. The molecule has 1 saturated carbocycles. The van der Waals surface area contributed by atoms with E-state index in [-0.39, 0.29) is 16.9 Å². The zero-order valence-electron chi connectivity index (χ0n) is 20.7. The highest BCUT2D eigenvalue weighted by Gasteiger charge is 2.61. The second kappa shape index (κ2) is 8.94. The van der Waals surface area contributed by atoms with Gasteiger partial charge in [-0.1, -0.05) is 6.07 Å². The molecule has 7 nitrogen and oxygen atoms in total. The summed E-state index contributed by atoms with van der Waals surface area (Å²) >= 11 is 0.